The van der Waals surface area contributed by atoms with Gasteiger partial charge in [0.2, 0.25) is 0 Å². The third-order valence-corrected chi connectivity index (χ3v) is 3.62. The molecule has 0 unspecified atom stereocenters. The molecule has 0 aliphatic carbocycles. The van der Waals surface area contributed by atoms with Gasteiger partial charge in [-0.05, 0) is 23.3 Å². The zero-order valence-corrected chi connectivity index (χ0v) is 12.2. The van der Waals surface area contributed by atoms with E-state index in [2.05, 4.69) is 0 Å². The second-order valence-corrected chi connectivity index (χ2v) is 5.18. The lowest BCUT2D eigenvalue weighted by Crippen LogP contribution is -2.32. The third-order valence-electron chi connectivity index (χ3n) is 3.62. The zero-order valence-electron chi connectivity index (χ0n) is 12.2. The molecule has 0 spiro atoms. The number of carbonyl (C=O) groups is 1. The van der Waals surface area contributed by atoms with Crippen LogP contribution >= 0.6 is 0 Å². The van der Waals surface area contributed by atoms with E-state index in [1.165, 1.54) is 31.3 Å². The van der Waals surface area contributed by atoms with Crippen LogP contribution in [-0.4, -0.2) is 34.8 Å². The van der Waals surface area contributed by atoms with Crippen LogP contribution in [0.3, 0.4) is 0 Å². The van der Waals surface area contributed by atoms with Crippen LogP contribution in [0.5, 0.6) is 0 Å². The fraction of sp³-hybridized carbons (Fsp3) is 0.235. The number of benzene rings is 2. The van der Waals surface area contributed by atoms with Gasteiger partial charge in [-0.2, -0.15) is 0 Å². The SMILES string of the molecule is CN(C[C@@H](c1ccccc1)[C@H](O)c1ccc(F)cc1)C(=O)O. The Labute approximate surface area is 128 Å². The Morgan fingerprint density at radius 3 is 2.23 bits per heavy atom. The second kappa shape index (κ2) is 7.04. The molecule has 5 heteroatoms. The summed E-state index contributed by atoms with van der Waals surface area (Å²) in [6.07, 6.45) is -1.99. The van der Waals surface area contributed by atoms with Gasteiger partial charge in [0.1, 0.15) is 5.82 Å². The predicted molar refractivity (Wildman–Crippen MR) is 81.2 cm³/mol. The largest absolute Gasteiger partial charge is 0.465 e. The molecule has 116 valence electrons. The minimum atomic E-state index is -1.06. The molecule has 0 aliphatic heterocycles. The van der Waals surface area contributed by atoms with Crippen molar-refractivity contribution in [1.82, 2.24) is 4.90 Å². The molecule has 2 aromatic carbocycles. The molecule has 0 saturated heterocycles. The molecule has 0 aromatic heterocycles. The normalized spacial score (nSPS) is 13.4. The quantitative estimate of drug-likeness (QED) is 0.891. The summed E-state index contributed by atoms with van der Waals surface area (Å²) in [5.41, 5.74) is 1.38. The first-order valence-corrected chi connectivity index (χ1v) is 6.91. The Kier molecular flexibility index (Phi) is 5.12. The number of hydrogen-bond acceptors (Lipinski definition) is 2. The van der Waals surface area contributed by atoms with Crippen LogP contribution in [0, 0.1) is 5.82 Å². The molecule has 2 atom stereocenters. The first-order chi connectivity index (χ1) is 10.5. The van der Waals surface area contributed by atoms with Crippen molar-refractivity contribution in [1.29, 1.82) is 0 Å². The highest BCUT2D eigenvalue weighted by atomic mass is 19.1. The van der Waals surface area contributed by atoms with E-state index in [1.807, 2.05) is 30.3 Å². The molecule has 0 bridgehead atoms. The molecule has 2 N–H and O–H groups in total. The van der Waals surface area contributed by atoms with E-state index in [-0.39, 0.29) is 12.4 Å². The molecule has 2 rings (SSSR count). The maximum absolute atomic E-state index is 13.0. The van der Waals surface area contributed by atoms with E-state index < -0.39 is 18.1 Å². The number of halogens is 1. The van der Waals surface area contributed by atoms with Gasteiger partial charge in [0.15, 0.2) is 0 Å². The van der Waals surface area contributed by atoms with Crippen molar-refractivity contribution in [3.8, 4) is 0 Å². The highest BCUT2D eigenvalue weighted by Gasteiger charge is 2.25. The van der Waals surface area contributed by atoms with Gasteiger partial charge < -0.3 is 15.1 Å². The summed E-state index contributed by atoms with van der Waals surface area (Å²) in [5.74, 6) is -0.817. The van der Waals surface area contributed by atoms with Crippen LogP contribution in [0.2, 0.25) is 0 Å². The highest BCUT2D eigenvalue weighted by Crippen LogP contribution is 2.31. The molecule has 0 saturated carbocycles. The van der Waals surface area contributed by atoms with Gasteiger partial charge in [0, 0.05) is 19.5 Å². The van der Waals surface area contributed by atoms with Crippen molar-refractivity contribution in [2.24, 2.45) is 0 Å². The van der Waals surface area contributed by atoms with Crippen LogP contribution in [0.1, 0.15) is 23.1 Å². The van der Waals surface area contributed by atoms with E-state index in [1.54, 1.807) is 0 Å². The van der Waals surface area contributed by atoms with Crippen LogP contribution in [-0.2, 0) is 0 Å². The fourth-order valence-corrected chi connectivity index (χ4v) is 2.35. The van der Waals surface area contributed by atoms with Crippen molar-refractivity contribution in [2.75, 3.05) is 13.6 Å². The molecule has 0 aliphatic rings. The van der Waals surface area contributed by atoms with E-state index in [0.29, 0.717) is 5.56 Å². The summed E-state index contributed by atoms with van der Waals surface area (Å²) in [5, 5.41) is 19.7. The van der Waals surface area contributed by atoms with Gasteiger partial charge >= 0.3 is 6.09 Å². The van der Waals surface area contributed by atoms with Crippen LogP contribution < -0.4 is 0 Å². The van der Waals surface area contributed by atoms with Crippen LogP contribution in [0.15, 0.2) is 54.6 Å². The first-order valence-electron chi connectivity index (χ1n) is 6.91. The Morgan fingerprint density at radius 2 is 1.68 bits per heavy atom. The van der Waals surface area contributed by atoms with Crippen LogP contribution in [0.4, 0.5) is 9.18 Å². The van der Waals surface area contributed by atoms with Gasteiger partial charge in [-0.1, -0.05) is 42.5 Å². The molecular weight excluding hydrogens is 285 g/mol. The van der Waals surface area contributed by atoms with E-state index in [4.69, 9.17) is 5.11 Å². The highest BCUT2D eigenvalue weighted by molar-refractivity contribution is 5.64. The second-order valence-electron chi connectivity index (χ2n) is 5.18. The molecule has 4 nitrogen and oxygen atoms in total. The fourth-order valence-electron chi connectivity index (χ4n) is 2.35. The minimum Gasteiger partial charge on any atom is -0.465 e. The maximum Gasteiger partial charge on any atom is 0.407 e. The van der Waals surface area contributed by atoms with Crippen molar-refractivity contribution in [3.63, 3.8) is 0 Å². The maximum atomic E-state index is 13.0. The molecular formula is C17H18FNO3. The number of hydrogen-bond donors (Lipinski definition) is 2. The van der Waals surface area contributed by atoms with Gasteiger partial charge in [-0.3, -0.25) is 0 Å². The third kappa shape index (κ3) is 3.83. The number of carboxylic acid groups (broad SMARTS) is 1. The van der Waals surface area contributed by atoms with E-state index in [9.17, 15) is 14.3 Å². The number of aliphatic hydroxyl groups is 1. The molecule has 0 fully saturated rings. The minimum absolute atomic E-state index is 0.137. The van der Waals surface area contributed by atoms with Crippen molar-refractivity contribution in [3.05, 3.63) is 71.5 Å². The zero-order chi connectivity index (χ0) is 16.1. The van der Waals surface area contributed by atoms with Gasteiger partial charge in [-0.25, -0.2) is 9.18 Å². The standard InChI is InChI=1S/C17H18FNO3/c1-19(17(21)22)11-15(12-5-3-2-4-6-12)16(20)13-7-9-14(18)10-8-13/h2-10,15-16,20H,11H2,1H3,(H,21,22)/t15-,16+/m0/s1. The lowest BCUT2D eigenvalue weighted by molar-refractivity contribution is 0.113. The Hall–Kier alpha value is -2.40. The van der Waals surface area contributed by atoms with Gasteiger partial charge in [0.05, 0.1) is 6.10 Å². The Balaban J connectivity index is 2.30. The average Bonchev–Trinajstić information content (AvgIpc) is 2.53. The molecule has 0 heterocycles. The summed E-state index contributed by atoms with van der Waals surface area (Å²) < 4.78 is 13.0. The molecule has 2 aromatic rings. The van der Waals surface area contributed by atoms with Gasteiger partial charge in [-0.15, -0.1) is 0 Å². The molecule has 0 radical (unpaired) electrons. The summed E-state index contributed by atoms with van der Waals surface area (Å²) in [6, 6.07) is 14.8. The predicted octanol–water partition coefficient (Wildman–Crippen LogP) is 3.25. The number of nitrogens with zero attached hydrogens (tertiary/aromatic N) is 1. The number of rotatable bonds is 5. The summed E-state index contributed by atoms with van der Waals surface area (Å²) in [4.78, 5) is 12.2. The average molecular weight is 303 g/mol. The van der Waals surface area contributed by atoms with Crippen molar-refractivity contribution >= 4 is 6.09 Å². The summed E-state index contributed by atoms with van der Waals surface area (Å²) >= 11 is 0. The number of amides is 1. The topological polar surface area (TPSA) is 60.8 Å². The Bertz CT molecular complexity index is 616. The number of aliphatic hydroxyl groups excluding tert-OH is 1. The lowest BCUT2D eigenvalue weighted by Gasteiger charge is -2.27. The summed E-state index contributed by atoms with van der Waals surface area (Å²) in [7, 11) is 1.45. The monoisotopic (exact) mass is 303 g/mol. The molecule has 1 amide bonds. The van der Waals surface area contributed by atoms with Crippen LogP contribution in [0.25, 0.3) is 0 Å². The smallest absolute Gasteiger partial charge is 0.407 e. The van der Waals surface area contributed by atoms with Crippen molar-refractivity contribution in [2.45, 2.75) is 12.0 Å². The van der Waals surface area contributed by atoms with Crippen molar-refractivity contribution < 1.29 is 19.4 Å². The van der Waals surface area contributed by atoms with E-state index in [0.717, 1.165) is 10.5 Å². The summed E-state index contributed by atoms with van der Waals surface area (Å²) in [6.45, 7) is 0.137. The van der Waals surface area contributed by atoms with Gasteiger partial charge in [0.25, 0.3) is 0 Å². The Morgan fingerprint density at radius 1 is 1.09 bits per heavy atom. The molecule has 22 heavy (non-hydrogen) atoms. The lowest BCUT2D eigenvalue weighted by atomic mass is 9.88. The van der Waals surface area contributed by atoms with E-state index >= 15 is 0 Å². The first kappa shape index (κ1) is 16.0. The number of likely N-dealkylation sites (N-methyl/N-ethyl adjacent to an activating group) is 1.